The van der Waals surface area contributed by atoms with Crippen molar-refractivity contribution < 1.29 is 9.26 Å². The highest BCUT2D eigenvalue weighted by Crippen LogP contribution is 2.34. The van der Waals surface area contributed by atoms with Crippen LogP contribution in [0.4, 0.5) is 0 Å². The fourth-order valence-corrected chi connectivity index (χ4v) is 1.65. The van der Waals surface area contributed by atoms with Gasteiger partial charge in [-0.25, -0.2) is 0 Å². The lowest BCUT2D eigenvalue weighted by Crippen LogP contribution is -1.87. The topological polar surface area (TPSA) is 35.3 Å². The van der Waals surface area contributed by atoms with Crippen LogP contribution < -0.4 is 4.74 Å². The Kier molecular flexibility index (Phi) is 2.46. The zero-order valence-corrected chi connectivity index (χ0v) is 9.07. The lowest BCUT2D eigenvalue weighted by molar-refractivity contribution is 0.261. The Morgan fingerprint density at radius 2 is 1.93 bits per heavy atom. The van der Waals surface area contributed by atoms with Crippen LogP contribution in [0.15, 0.2) is 28.8 Å². The first-order chi connectivity index (χ1) is 7.24. The first-order valence-corrected chi connectivity index (χ1v) is 4.80. The Labute approximate surface area is 88.7 Å². The molecule has 0 amide bonds. The predicted octanol–water partition coefficient (Wildman–Crippen LogP) is 2.97. The van der Waals surface area contributed by atoms with Gasteiger partial charge in [-0.05, 0) is 25.0 Å². The summed E-state index contributed by atoms with van der Waals surface area (Å²) in [4.78, 5) is 0. The molecule has 0 aliphatic carbocycles. The van der Waals surface area contributed by atoms with Gasteiger partial charge in [0.15, 0.2) is 0 Å². The van der Waals surface area contributed by atoms with Gasteiger partial charge in [-0.2, -0.15) is 0 Å². The lowest BCUT2D eigenvalue weighted by Gasteiger charge is -2.04. The summed E-state index contributed by atoms with van der Waals surface area (Å²) in [7, 11) is 1.59. The van der Waals surface area contributed by atoms with Gasteiger partial charge in [0.05, 0.1) is 18.4 Å². The molecule has 2 rings (SSSR count). The number of methoxy groups -OCH3 is 1. The molecule has 0 saturated carbocycles. The summed E-state index contributed by atoms with van der Waals surface area (Å²) in [6, 6.07) is 8.10. The Morgan fingerprint density at radius 1 is 1.20 bits per heavy atom. The number of benzene rings is 1. The van der Waals surface area contributed by atoms with Crippen molar-refractivity contribution in [1.29, 1.82) is 0 Å². The average molecular weight is 203 g/mol. The minimum atomic E-state index is 0.474. The Balaban J connectivity index is 2.63. The van der Waals surface area contributed by atoms with Crippen molar-refractivity contribution in [2.75, 3.05) is 7.11 Å². The monoisotopic (exact) mass is 203 g/mol. The maximum absolute atomic E-state index is 5.15. The second-order valence-electron chi connectivity index (χ2n) is 3.45. The van der Waals surface area contributed by atoms with E-state index in [4.69, 9.17) is 9.26 Å². The van der Waals surface area contributed by atoms with Crippen LogP contribution in [0.5, 0.6) is 5.95 Å². The molecule has 1 heterocycles. The molecule has 15 heavy (non-hydrogen) atoms. The SMILES string of the molecule is COc1onc(C)c1-c1ccccc1C. The highest BCUT2D eigenvalue weighted by Gasteiger charge is 2.16. The van der Waals surface area contributed by atoms with Gasteiger partial charge < -0.3 is 9.26 Å². The molecule has 0 unspecified atom stereocenters. The molecular weight excluding hydrogens is 190 g/mol. The highest BCUT2D eigenvalue weighted by atomic mass is 16.6. The number of ether oxygens (including phenoxy) is 1. The van der Waals surface area contributed by atoms with E-state index in [1.807, 2.05) is 25.1 Å². The van der Waals surface area contributed by atoms with E-state index in [2.05, 4.69) is 18.1 Å². The molecule has 0 radical (unpaired) electrons. The minimum absolute atomic E-state index is 0.474. The molecule has 0 N–H and O–H groups in total. The number of nitrogens with zero attached hydrogens (tertiary/aromatic N) is 1. The molecule has 2 aromatic rings. The quantitative estimate of drug-likeness (QED) is 0.752. The van der Waals surface area contributed by atoms with Gasteiger partial charge >= 0.3 is 5.95 Å². The second kappa shape index (κ2) is 3.77. The predicted molar refractivity (Wildman–Crippen MR) is 58.0 cm³/mol. The van der Waals surface area contributed by atoms with Crippen LogP contribution in [0.25, 0.3) is 11.1 Å². The molecule has 0 spiro atoms. The summed E-state index contributed by atoms with van der Waals surface area (Å²) in [5.41, 5.74) is 4.08. The summed E-state index contributed by atoms with van der Waals surface area (Å²) in [5, 5.41) is 3.90. The largest absolute Gasteiger partial charge is 0.467 e. The summed E-state index contributed by atoms with van der Waals surface area (Å²) in [5.74, 6) is 0.474. The van der Waals surface area contributed by atoms with E-state index in [1.165, 1.54) is 5.56 Å². The fraction of sp³-hybridized carbons (Fsp3) is 0.250. The summed E-state index contributed by atoms with van der Waals surface area (Å²) in [6.45, 7) is 3.97. The molecule has 78 valence electrons. The number of hydrogen-bond donors (Lipinski definition) is 0. The van der Waals surface area contributed by atoms with E-state index in [9.17, 15) is 0 Å². The third-order valence-corrected chi connectivity index (χ3v) is 2.43. The molecule has 0 aliphatic heterocycles. The average Bonchev–Trinajstić information content (AvgIpc) is 2.60. The smallest absolute Gasteiger partial charge is 0.319 e. The molecule has 0 fully saturated rings. The van der Waals surface area contributed by atoms with Gasteiger partial charge in [-0.1, -0.05) is 29.4 Å². The minimum Gasteiger partial charge on any atom is -0.467 e. The van der Waals surface area contributed by atoms with Crippen LogP contribution >= 0.6 is 0 Å². The van der Waals surface area contributed by atoms with Crippen molar-refractivity contribution in [1.82, 2.24) is 5.16 Å². The highest BCUT2D eigenvalue weighted by molar-refractivity contribution is 5.72. The summed E-state index contributed by atoms with van der Waals surface area (Å²) < 4.78 is 10.2. The third kappa shape index (κ3) is 1.61. The zero-order valence-electron chi connectivity index (χ0n) is 9.07. The molecule has 3 heteroatoms. The van der Waals surface area contributed by atoms with Gasteiger partial charge in [-0.3, -0.25) is 0 Å². The van der Waals surface area contributed by atoms with E-state index in [0.29, 0.717) is 5.95 Å². The van der Waals surface area contributed by atoms with Gasteiger partial charge in [0.2, 0.25) is 0 Å². The Morgan fingerprint density at radius 3 is 2.60 bits per heavy atom. The first kappa shape index (κ1) is 9.77. The van der Waals surface area contributed by atoms with Crippen LogP contribution in [0.3, 0.4) is 0 Å². The van der Waals surface area contributed by atoms with Crippen LogP contribution in [0.2, 0.25) is 0 Å². The first-order valence-electron chi connectivity index (χ1n) is 4.80. The van der Waals surface area contributed by atoms with Gasteiger partial charge in [0.25, 0.3) is 0 Å². The number of aryl methyl sites for hydroxylation is 2. The second-order valence-corrected chi connectivity index (χ2v) is 3.45. The maximum Gasteiger partial charge on any atom is 0.319 e. The van der Waals surface area contributed by atoms with Gasteiger partial charge in [0.1, 0.15) is 0 Å². The number of aromatic nitrogens is 1. The van der Waals surface area contributed by atoms with Crippen molar-refractivity contribution in [3.05, 3.63) is 35.5 Å². The Hall–Kier alpha value is -1.77. The standard InChI is InChI=1S/C12H13NO2/c1-8-6-4-5-7-10(8)11-9(2)13-15-12(11)14-3/h4-7H,1-3H3. The lowest BCUT2D eigenvalue weighted by atomic mass is 10.0. The number of hydrogen-bond acceptors (Lipinski definition) is 3. The molecule has 1 aromatic heterocycles. The van der Waals surface area contributed by atoms with Crippen LogP contribution in [0.1, 0.15) is 11.3 Å². The van der Waals surface area contributed by atoms with E-state index < -0.39 is 0 Å². The van der Waals surface area contributed by atoms with E-state index >= 15 is 0 Å². The number of rotatable bonds is 2. The van der Waals surface area contributed by atoms with E-state index in [0.717, 1.165) is 16.8 Å². The Bertz CT molecular complexity index is 474. The molecule has 0 saturated heterocycles. The van der Waals surface area contributed by atoms with Crippen LogP contribution in [0, 0.1) is 13.8 Å². The molecule has 1 aromatic carbocycles. The normalized spacial score (nSPS) is 10.3. The van der Waals surface area contributed by atoms with Gasteiger partial charge in [0, 0.05) is 0 Å². The maximum atomic E-state index is 5.15. The third-order valence-electron chi connectivity index (χ3n) is 2.43. The van der Waals surface area contributed by atoms with Crippen LogP contribution in [-0.4, -0.2) is 12.3 Å². The van der Waals surface area contributed by atoms with E-state index in [-0.39, 0.29) is 0 Å². The van der Waals surface area contributed by atoms with Crippen molar-refractivity contribution in [2.24, 2.45) is 0 Å². The molecule has 0 aliphatic rings. The van der Waals surface area contributed by atoms with Crippen molar-refractivity contribution >= 4 is 0 Å². The van der Waals surface area contributed by atoms with Crippen molar-refractivity contribution in [2.45, 2.75) is 13.8 Å². The van der Waals surface area contributed by atoms with Crippen molar-refractivity contribution in [3.63, 3.8) is 0 Å². The molecular formula is C12H13NO2. The molecule has 3 nitrogen and oxygen atoms in total. The van der Waals surface area contributed by atoms with E-state index in [1.54, 1.807) is 7.11 Å². The van der Waals surface area contributed by atoms with Crippen LogP contribution in [-0.2, 0) is 0 Å². The molecule has 0 atom stereocenters. The fourth-order valence-electron chi connectivity index (χ4n) is 1.65. The van der Waals surface area contributed by atoms with Crippen molar-refractivity contribution in [3.8, 4) is 17.1 Å². The zero-order chi connectivity index (χ0) is 10.8. The van der Waals surface area contributed by atoms with Gasteiger partial charge in [-0.15, -0.1) is 0 Å². The summed E-state index contributed by atoms with van der Waals surface area (Å²) >= 11 is 0. The summed E-state index contributed by atoms with van der Waals surface area (Å²) in [6.07, 6.45) is 0. The molecule has 0 bridgehead atoms.